The Morgan fingerprint density at radius 3 is 3.04 bits per heavy atom. The number of benzene rings is 1. The minimum absolute atomic E-state index is 0.000450. The van der Waals surface area contributed by atoms with Gasteiger partial charge in [0.15, 0.2) is 5.16 Å². The molecule has 1 saturated heterocycles. The van der Waals surface area contributed by atoms with Crippen molar-refractivity contribution in [3.05, 3.63) is 35.5 Å². The van der Waals surface area contributed by atoms with Crippen molar-refractivity contribution < 1.29 is 19.4 Å². The van der Waals surface area contributed by atoms with Gasteiger partial charge in [-0.1, -0.05) is 23.9 Å². The predicted molar refractivity (Wildman–Crippen MR) is 98.5 cm³/mol. The molecule has 0 saturated carbocycles. The Balaban J connectivity index is 1.58. The number of ether oxygens (including phenoxy) is 1. The molecule has 0 aliphatic carbocycles. The molecule has 10 heteroatoms. The maximum absolute atomic E-state index is 12.3. The molecule has 1 aromatic heterocycles. The molecule has 2 aliphatic heterocycles. The number of carbonyl (C=O) groups is 2. The monoisotopic (exact) mass is 392 g/mol. The molecule has 0 bridgehead atoms. The number of imidazole rings is 1. The highest BCUT2D eigenvalue weighted by Crippen LogP contribution is 2.45. The van der Waals surface area contributed by atoms with Crippen molar-refractivity contribution in [1.29, 1.82) is 0 Å². The van der Waals surface area contributed by atoms with Gasteiger partial charge < -0.3 is 14.8 Å². The number of methoxy groups -OCH3 is 1. The van der Waals surface area contributed by atoms with E-state index in [0.29, 0.717) is 22.2 Å². The molecule has 0 spiro atoms. The number of aliphatic carboxylic acids is 1. The number of amides is 1. The lowest BCUT2D eigenvalue weighted by atomic mass is 10.00. The Hall–Kier alpha value is -2.01. The fourth-order valence-electron chi connectivity index (χ4n) is 3.07. The summed E-state index contributed by atoms with van der Waals surface area (Å²) < 4.78 is 5.11. The first kappa shape index (κ1) is 17.4. The highest BCUT2D eigenvalue weighted by molar-refractivity contribution is 8.01. The van der Waals surface area contributed by atoms with Crippen LogP contribution in [-0.4, -0.2) is 61.6 Å². The third-order valence-electron chi connectivity index (χ3n) is 4.44. The van der Waals surface area contributed by atoms with Crippen molar-refractivity contribution in [2.75, 3.05) is 18.6 Å². The van der Waals surface area contributed by atoms with Gasteiger partial charge in [-0.15, -0.1) is 11.8 Å². The molecule has 1 unspecified atom stereocenters. The summed E-state index contributed by atoms with van der Waals surface area (Å²) in [5.74, 6) is -0.788. The zero-order chi connectivity index (χ0) is 18.5. The fraction of sp³-hybridized carbons (Fsp3) is 0.312. The van der Waals surface area contributed by atoms with E-state index in [1.807, 2.05) is 24.3 Å². The summed E-state index contributed by atoms with van der Waals surface area (Å²) in [6.45, 7) is 0. The maximum Gasteiger partial charge on any atom is 0.352 e. The van der Waals surface area contributed by atoms with Crippen LogP contribution < -0.4 is 5.73 Å². The standard InChI is InChI=1S/C16H16N4O4S2/c1-24-16(17)13(23)20-11(12(21)22)8(6-25-14(16)20)7-26-15-18-9-4-2-3-5-10(9)19-15/h2-5,14H,6-7,17H2,1H3,(H,18,19)(H,21,22)/t14-,16?/m1/s1. The molecule has 1 fully saturated rings. The molecular formula is C16H16N4O4S2. The molecule has 4 N–H and O–H groups in total. The van der Waals surface area contributed by atoms with Crippen LogP contribution in [-0.2, 0) is 14.3 Å². The molecule has 2 atom stereocenters. The van der Waals surface area contributed by atoms with Crippen molar-refractivity contribution in [3.8, 4) is 0 Å². The van der Waals surface area contributed by atoms with Crippen LogP contribution in [0.5, 0.6) is 0 Å². The summed E-state index contributed by atoms with van der Waals surface area (Å²) in [4.78, 5) is 33.0. The summed E-state index contributed by atoms with van der Waals surface area (Å²) in [7, 11) is 1.35. The van der Waals surface area contributed by atoms with Crippen molar-refractivity contribution in [1.82, 2.24) is 14.9 Å². The number of carboxylic acids is 1. The van der Waals surface area contributed by atoms with Crippen molar-refractivity contribution >= 4 is 46.4 Å². The smallest absolute Gasteiger partial charge is 0.352 e. The topological polar surface area (TPSA) is 122 Å². The lowest BCUT2D eigenvalue weighted by molar-refractivity contribution is -0.182. The van der Waals surface area contributed by atoms with Crippen LogP contribution in [0.1, 0.15) is 0 Å². The van der Waals surface area contributed by atoms with E-state index in [-0.39, 0.29) is 5.70 Å². The number of hydrogen-bond acceptors (Lipinski definition) is 7. The average molecular weight is 392 g/mol. The number of β-lactam (4-membered cyclic amide) rings is 1. The van der Waals surface area contributed by atoms with Gasteiger partial charge in [-0.25, -0.2) is 9.78 Å². The number of hydrogen-bond donors (Lipinski definition) is 3. The number of nitrogens with zero attached hydrogens (tertiary/aromatic N) is 2. The number of carbonyl (C=O) groups excluding carboxylic acids is 1. The minimum atomic E-state index is -1.46. The highest BCUT2D eigenvalue weighted by atomic mass is 32.2. The van der Waals surface area contributed by atoms with E-state index >= 15 is 0 Å². The number of thioether (sulfide) groups is 2. The average Bonchev–Trinajstić information content (AvgIpc) is 3.07. The molecule has 4 rings (SSSR count). The SMILES string of the molecule is COC1(N)C(=O)N2C(C(=O)O)=C(CSc3nc4ccccc4[nH]3)CS[C@@H]21. The van der Waals surface area contributed by atoms with Crippen molar-refractivity contribution in [3.63, 3.8) is 0 Å². The van der Waals surface area contributed by atoms with Gasteiger partial charge in [-0.05, 0) is 17.7 Å². The predicted octanol–water partition coefficient (Wildman–Crippen LogP) is 1.21. The summed E-state index contributed by atoms with van der Waals surface area (Å²) >= 11 is 2.81. The number of nitrogens with two attached hydrogens (primary N) is 1. The largest absolute Gasteiger partial charge is 0.477 e. The minimum Gasteiger partial charge on any atom is -0.477 e. The second-order valence-electron chi connectivity index (χ2n) is 5.94. The van der Waals surface area contributed by atoms with Gasteiger partial charge in [0.25, 0.3) is 5.91 Å². The van der Waals surface area contributed by atoms with Crippen LogP contribution >= 0.6 is 23.5 Å². The molecule has 8 nitrogen and oxygen atoms in total. The van der Waals surface area contributed by atoms with E-state index < -0.39 is 23.0 Å². The third-order valence-corrected chi connectivity index (χ3v) is 6.79. The molecule has 136 valence electrons. The van der Waals surface area contributed by atoms with E-state index in [1.54, 1.807) is 0 Å². The van der Waals surface area contributed by atoms with E-state index in [9.17, 15) is 14.7 Å². The van der Waals surface area contributed by atoms with Gasteiger partial charge in [0.2, 0.25) is 5.72 Å². The Labute approximate surface area is 157 Å². The normalized spacial score (nSPS) is 25.4. The van der Waals surface area contributed by atoms with Crippen LogP contribution in [0.15, 0.2) is 40.7 Å². The van der Waals surface area contributed by atoms with Crippen LogP contribution in [0.4, 0.5) is 0 Å². The fourth-order valence-corrected chi connectivity index (χ4v) is 5.48. The van der Waals surface area contributed by atoms with E-state index in [0.717, 1.165) is 11.0 Å². The Morgan fingerprint density at radius 2 is 2.35 bits per heavy atom. The summed E-state index contributed by atoms with van der Waals surface area (Å²) in [6, 6.07) is 7.66. The molecule has 1 aromatic carbocycles. The van der Waals surface area contributed by atoms with Gasteiger partial charge in [0.05, 0.1) is 11.0 Å². The maximum atomic E-state index is 12.3. The number of carboxylic acid groups (broad SMARTS) is 1. The number of nitrogens with one attached hydrogen (secondary N) is 1. The molecule has 1 amide bonds. The van der Waals surface area contributed by atoms with Crippen LogP contribution in [0.3, 0.4) is 0 Å². The van der Waals surface area contributed by atoms with Gasteiger partial charge in [-0.2, -0.15) is 0 Å². The summed E-state index contributed by atoms with van der Waals surface area (Å²) in [5, 5.41) is 9.81. The van der Waals surface area contributed by atoms with Crippen molar-refractivity contribution in [2.24, 2.45) is 5.73 Å². The number of aromatic amines is 1. The third kappa shape index (κ3) is 2.52. The number of fused-ring (bicyclic) bond motifs is 2. The molecule has 26 heavy (non-hydrogen) atoms. The highest BCUT2D eigenvalue weighted by Gasteiger charge is 2.63. The molecule has 3 heterocycles. The van der Waals surface area contributed by atoms with Gasteiger partial charge in [0, 0.05) is 18.6 Å². The molecule has 0 radical (unpaired) electrons. The van der Waals surface area contributed by atoms with Gasteiger partial charge in [0.1, 0.15) is 11.1 Å². The van der Waals surface area contributed by atoms with E-state index in [1.165, 1.54) is 35.5 Å². The Morgan fingerprint density at radius 1 is 1.58 bits per heavy atom. The number of H-pyrrole nitrogens is 1. The Kier molecular flexibility index (Phi) is 4.22. The summed E-state index contributed by atoms with van der Waals surface area (Å²) in [6.07, 6.45) is 0. The quantitative estimate of drug-likeness (QED) is 0.394. The first-order valence-electron chi connectivity index (χ1n) is 7.78. The number of para-hydroxylation sites is 2. The summed E-state index contributed by atoms with van der Waals surface area (Å²) in [5.41, 5.74) is 6.93. The lowest BCUT2D eigenvalue weighted by Crippen LogP contribution is -2.78. The Bertz CT molecular complexity index is 910. The number of rotatable bonds is 5. The van der Waals surface area contributed by atoms with Crippen molar-refractivity contribution in [2.45, 2.75) is 16.3 Å². The van der Waals surface area contributed by atoms with E-state index in [4.69, 9.17) is 10.5 Å². The lowest BCUT2D eigenvalue weighted by Gasteiger charge is -2.54. The van der Waals surface area contributed by atoms with Crippen LogP contribution in [0, 0.1) is 0 Å². The van der Waals surface area contributed by atoms with Crippen LogP contribution in [0.25, 0.3) is 11.0 Å². The second kappa shape index (κ2) is 6.31. The van der Waals surface area contributed by atoms with Gasteiger partial charge in [-0.3, -0.25) is 15.4 Å². The molecule has 2 aromatic rings. The first-order valence-corrected chi connectivity index (χ1v) is 9.81. The number of aromatic nitrogens is 2. The van der Waals surface area contributed by atoms with Gasteiger partial charge >= 0.3 is 5.97 Å². The zero-order valence-electron chi connectivity index (χ0n) is 13.8. The first-order chi connectivity index (χ1) is 12.5. The zero-order valence-corrected chi connectivity index (χ0v) is 15.4. The second-order valence-corrected chi connectivity index (χ2v) is 7.97. The van der Waals surface area contributed by atoms with Crippen LogP contribution in [0.2, 0.25) is 0 Å². The van der Waals surface area contributed by atoms with E-state index in [2.05, 4.69) is 9.97 Å². The molecular weight excluding hydrogens is 376 g/mol. The molecule has 2 aliphatic rings.